The molecule has 0 spiro atoms. The highest BCUT2D eigenvalue weighted by atomic mass is 15.2. The summed E-state index contributed by atoms with van der Waals surface area (Å²) in [5.41, 5.74) is 17.9. The molecule has 686 valence electrons. The number of benzene rings is 21. The number of anilines is 6. The molecule has 7 heteroatoms. The highest BCUT2D eigenvalue weighted by Gasteiger charge is 2.47. The van der Waals surface area contributed by atoms with E-state index in [-0.39, 0.29) is 100 Å². The molecule has 29 rings (SSSR count). The molecule has 0 radical (unpaired) electrons. The third-order valence-electron chi connectivity index (χ3n) is 30.5. The van der Waals surface area contributed by atoms with E-state index in [2.05, 4.69) is 263 Å². The molecule has 8 heterocycles. The Balaban J connectivity index is 0.832. The lowest BCUT2D eigenvalue weighted by Crippen LogP contribution is -2.61. The monoisotopic (exact) mass is 1870 g/mol. The fourth-order valence-electron chi connectivity index (χ4n) is 23.5. The predicted molar refractivity (Wildman–Crippen MR) is 618 cm³/mol. The molecule has 21 aromatic carbocycles. The maximum absolute atomic E-state index is 12.7. The Morgan fingerprint density at radius 2 is 0.517 bits per heavy atom. The Bertz CT molecular complexity index is 10900. The van der Waals surface area contributed by atoms with E-state index in [0.717, 1.165) is 137 Å². The summed E-state index contributed by atoms with van der Waals surface area (Å²) in [7, 11) is 0. The highest BCUT2D eigenvalue weighted by molar-refractivity contribution is 7.00. The lowest BCUT2D eigenvalue weighted by atomic mass is 9.33. The van der Waals surface area contributed by atoms with Crippen LogP contribution in [-0.2, 0) is 16.2 Å². The first-order valence-electron chi connectivity index (χ1n) is 58.7. The first-order chi connectivity index (χ1) is 78.4. The van der Waals surface area contributed by atoms with Crippen LogP contribution in [0.15, 0.2) is 448 Å². The van der Waals surface area contributed by atoms with Gasteiger partial charge in [0.25, 0.3) is 6.71 Å². The Morgan fingerprint density at radius 1 is 0.214 bits per heavy atom. The van der Waals surface area contributed by atoms with Gasteiger partial charge < -0.3 is 27.7 Å². The van der Waals surface area contributed by atoms with Gasteiger partial charge >= 0.3 is 0 Å². The summed E-state index contributed by atoms with van der Waals surface area (Å²) < 4.78 is 201. The van der Waals surface area contributed by atoms with Crippen molar-refractivity contribution < 1.29 is 24.7 Å². The maximum atomic E-state index is 12.7. The largest absolute Gasteiger partial charge is 0.310 e. The molecule has 0 unspecified atom stereocenters. The van der Waals surface area contributed by atoms with E-state index >= 15 is 0 Å². The second-order valence-electron chi connectivity index (χ2n) is 42.0. The number of aromatic nitrogens is 4. The Labute approximate surface area is 868 Å². The van der Waals surface area contributed by atoms with E-state index in [1.54, 1.807) is 24.3 Å². The molecule has 0 atom stereocenters. The zero-order valence-electron chi connectivity index (χ0n) is 99.1. The van der Waals surface area contributed by atoms with Crippen molar-refractivity contribution >= 4 is 177 Å². The molecule has 0 aliphatic carbocycles. The summed E-state index contributed by atoms with van der Waals surface area (Å²) in [5.74, 6) is 0. The second kappa shape index (κ2) is 31.5. The predicted octanol–water partition coefficient (Wildman–Crippen LogP) is 35.5. The van der Waals surface area contributed by atoms with Crippen molar-refractivity contribution in [2.75, 3.05) is 9.80 Å². The van der Waals surface area contributed by atoms with Crippen LogP contribution in [0.5, 0.6) is 0 Å². The van der Waals surface area contributed by atoms with Crippen LogP contribution in [0.3, 0.4) is 0 Å². The zero-order chi connectivity index (χ0) is 113. The first kappa shape index (κ1) is 67.8. The van der Waals surface area contributed by atoms with Gasteiger partial charge in [-0.2, -0.15) is 0 Å². The van der Waals surface area contributed by atoms with Gasteiger partial charge in [-0.15, -0.1) is 0 Å². The summed E-state index contributed by atoms with van der Waals surface area (Å²) in [4.78, 5) is 4.33. The summed E-state index contributed by atoms with van der Waals surface area (Å²) in [6.07, 6.45) is 0. The Hall–Kier alpha value is -17.5. The third-order valence-corrected chi connectivity index (χ3v) is 30.5. The van der Waals surface area contributed by atoms with Crippen LogP contribution >= 0.6 is 0 Å². The van der Waals surface area contributed by atoms with Crippen LogP contribution in [-0.4, -0.2) is 24.6 Å². The number of hydrogen-bond donors (Lipinski definition) is 0. The number of rotatable bonds is 12. The molecule has 0 bridgehead atoms. The normalized spacial score (nSPS) is 14.7. The molecule has 0 fully saturated rings. The van der Waals surface area contributed by atoms with Crippen LogP contribution in [0.4, 0.5) is 34.1 Å². The summed E-state index contributed by atoms with van der Waals surface area (Å²) in [5, 5.41) is 7.17. The molecule has 0 saturated heterocycles. The third kappa shape index (κ3) is 12.9. The van der Waals surface area contributed by atoms with E-state index in [4.69, 9.17) is 0 Å². The smallest absolute Gasteiger partial charge is 0.252 e. The van der Waals surface area contributed by atoms with Gasteiger partial charge in [0.1, 0.15) is 0 Å². The fourth-order valence-corrected chi connectivity index (χ4v) is 23.5. The van der Waals surface area contributed by atoms with E-state index in [1.165, 1.54) is 9.13 Å². The van der Waals surface area contributed by atoms with Gasteiger partial charge in [-0.05, 0) is 274 Å². The van der Waals surface area contributed by atoms with E-state index < -0.39 is 120 Å². The number of para-hydroxylation sites is 6. The number of nitrogens with zero attached hydrogens (tertiary/aromatic N) is 6. The molecule has 27 aromatic rings. The lowest BCUT2D eigenvalue weighted by Gasteiger charge is -2.47. The Kier molecular flexibility index (Phi) is 14.7. The first-order valence-corrected chi connectivity index (χ1v) is 49.7. The van der Waals surface area contributed by atoms with Crippen LogP contribution in [0.25, 0.3) is 220 Å². The second-order valence-corrected chi connectivity index (χ2v) is 42.0. The number of hydrogen-bond acceptors (Lipinski definition) is 2. The van der Waals surface area contributed by atoms with Gasteiger partial charge in [0.2, 0.25) is 0 Å². The molecular formula is C138H101BN6. The molecule has 0 saturated carbocycles. The van der Waals surface area contributed by atoms with Crippen LogP contribution in [0.2, 0.25) is 0 Å². The average Bonchev–Trinajstić information content (AvgIpc) is 1.63. The molecular weight excluding hydrogens is 1750 g/mol. The van der Waals surface area contributed by atoms with Crippen molar-refractivity contribution in [1.82, 2.24) is 17.9 Å². The van der Waals surface area contributed by atoms with Crippen LogP contribution < -0.4 is 26.2 Å². The van der Waals surface area contributed by atoms with Gasteiger partial charge in [-0.25, -0.2) is 0 Å². The topological polar surface area (TPSA) is 25.2 Å². The van der Waals surface area contributed by atoms with Crippen molar-refractivity contribution in [3.63, 3.8) is 0 Å². The van der Waals surface area contributed by atoms with E-state index in [1.807, 2.05) is 133 Å². The molecule has 6 aromatic heterocycles. The number of fused-ring (bicyclic) bond motifs is 22. The summed E-state index contributed by atoms with van der Waals surface area (Å²) in [6, 6.07) is 105. The SMILES string of the molecule is [2H]c1cc2c(c([2H])c1-n1c3c([2H])c([2H])c([2H])c([2H])c3c3c([2H])c(-c4cccc(-c5ccccc5)c4)c([2H])c([2H])c31)N(c1c(-c3ccccc3)cc(C(C)(C)C)cc1-c1ccccc1)c1cc(C(C)(C)C)cc3c1B2c1cc([2H])c(-n2c4c([2H])c([2H])c([2H])c([2H])c4c4c([2H])c(-c5cccc(-c6ccccc6)c5)c([2H])c([2H])c42)c([2H])c1N3c1c(-c2cc3c4ccccc4n4c5ccccc5c(c2)c34)cc(C(C)(C)C)cc1-c1cc2c3ccccc3n3c4ccccc4c(c1)c23. The van der Waals surface area contributed by atoms with Crippen molar-refractivity contribution in [3.8, 4) is 100 Å². The average molecular weight is 1870 g/mol. The summed E-state index contributed by atoms with van der Waals surface area (Å²) in [6.45, 7) is 18.2. The molecule has 6 nitrogen and oxygen atoms in total. The standard InChI is InChI=1S/C138H101BN6/c1-136(2,3)96-76-107(86-40-18-12-19-41-86)132(108(77-96)87-42-20-13-21-43-87)144-127-82-99(140-119-54-28-22-48-101(119)111-70-92(60-66-125(111)140)90-46-34-44-88(68-90)84-36-14-10-15-37-84)62-64-117(127)139-118-65-63-100(141-120-55-29-23-49-102(120)112-71-93(61-67-126(112)141)91-47-35-45-89(69-91)85-38-16-11-17-39-85)83-128(118)145(130-81-98(138(7,8)9)80-129(144)131(130)139)133-109(94-72-113-103-50-24-30-56-121(103)142-122-57-31-25-51-104(122)114(73-94)134(113)142)78-97(137(4,5)6)79-110(133)95-74-115-105-52-26-32-58-123(105)143-124-59-33-27-53-106(124)116(75-95)135(115)143/h10-83H,1-9H3/i22D,23D,28D,29D,48D,49D,54D,55D,60D,61D,62D,63D,66D,67D,70D,71D,82D,83D. The van der Waals surface area contributed by atoms with Crippen molar-refractivity contribution in [2.45, 2.75) is 78.6 Å². The zero-order valence-corrected chi connectivity index (χ0v) is 81.1. The maximum Gasteiger partial charge on any atom is 0.252 e. The minimum absolute atomic E-state index is 0.00140. The van der Waals surface area contributed by atoms with Gasteiger partial charge in [0.15, 0.2) is 0 Å². The minimum atomic E-state index is -1.34. The van der Waals surface area contributed by atoms with E-state index in [9.17, 15) is 24.7 Å². The molecule has 0 amide bonds. The van der Waals surface area contributed by atoms with Crippen molar-refractivity contribution in [2.24, 2.45) is 0 Å². The Morgan fingerprint density at radius 3 is 0.876 bits per heavy atom. The van der Waals surface area contributed by atoms with Crippen molar-refractivity contribution in [3.05, 3.63) is 465 Å². The van der Waals surface area contributed by atoms with Gasteiger partial charge in [-0.3, -0.25) is 0 Å². The van der Waals surface area contributed by atoms with Gasteiger partial charge in [0, 0.05) is 121 Å². The molecule has 2 aliphatic rings. The minimum Gasteiger partial charge on any atom is -0.310 e. The van der Waals surface area contributed by atoms with Crippen LogP contribution in [0.1, 0.15) is 104 Å². The van der Waals surface area contributed by atoms with Crippen LogP contribution in [0, 0.1) is 0 Å². The fraction of sp³-hybridized carbons (Fsp3) is 0.0870. The molecule has 2 aliphatic heterocycles. The van der Waals surface area contributed by atoms with Gasteiger partial charge in [0.05, 0.1) is 91.2 Å². The lowest BCUT2D eigenvalue weighted by molar-refractivity contribution is 0.590. The molecule has 0 N–H and O–H groups in total. The highest BCUT2D eigenvalue weighted by Crippen LogP contribution is 2.59. The summed E-state index contributed by atoms with van der Waals surface area (Å²) >= 11 is 0. The van der Waals surface area contributed by atoms with Gasteiger partial charge in [-0.1, -0.05) is 353 Å². The molecule has 145 heavy (non-hydrogen) atoms. The quantitative estimate of drug-likeness (QED) is 0.114. The van der Waals surface area contributed by atoms with E-state index in [0.29, 0.717) is 61.6 Å². The van der Waals surface area contributed by atoms with Crippen molar-refractivity contribution in [1.29, 1.82) is 0 Å².